The minimum atomic E-state index is -0.625. The first kappa shape index (κ1) is 20.1. The van der Waals surface area contributed by atoms with Crippen molar-refractivity contribution in [1.29, 1.82) is 0 Å². The molecule has 1 heterocycles. The van der Waals surface area contributed by atoms with Gasteiger partial charge in [-0.3, -0.25) is 19.5 Å². The molecule has 0 atom stereocenters. The maximum Gasteiger partial charge on any atom is 0.419 e. The molecule has 0 bridgehead atoms. The van der Waals surface area contributed by atoms with E-state index in [9.17, 15) is 19.7 Å². The Bertz CT molecular complexity index is 1080. The number of aryl methyl sites for hydroxylation is 2. The van der Waals surface area contributed by atoms with Crippen LogP contribution in [0.4, 0.5) is 5.69 Å². The Kier molecular flexibility index (Phi) is 6.28. The fourth-order valence-corrected chi connectivity index (χ4v) is 2.85. The van der Waals surface area contributed by atoms with E-state index in [2.05, 4.69) is 0 Å². The van der Waals surface area contributed by atoms with E-state index >= 15 is 0 Å². The Morgan fingerprint density at radius 2 is 2.03 bits per heavy atom. The van der Waals surface area contributed by atoms with Crippen molar-refractivity contribution in [3.63, 3.8) is 0 Å². The number of rotatable bonds is 9. The number of aromatic nitrogens is 1. The molecule has 29 heavy (non-hydrogen) atoms. The Morgan fingerprint density at radius 1 is 1.21 bits per heavy atom. The standard InChI is InChI=1S/C20H20N2O7/c1-14-4-2-5-16(12-14)27-10-11-28-19(23)6-3-9-21-17-8-7-15(22(25)26)13-18(17)29-20(21)24/h2,4-5,7-8,12-13H,3,6,9-11H2,1H3. The largest absolute Gasteiger partial charge is 0.490 e. The summed E-state index contributed by atoms with van der Waals surface area (Å²) < 4.78 is 17.0. The lowest BCUT2D eigenvalue weighted by Gasteiger charge is -2.08. The van der Waals surface area contributed by atoms with Crippen LogP contribution in [0.2, 0.25) is 0 Å². The fraction of sp³-hybridized carbons (Fsp3) is 0.300. The van der Waals surface area contributed by atoms with E-state index in [1.165, 1.54) is 22.8 Å². The number of non-ortho nitro benzene ring substituents is 1. The lowest BCUT2D eigenvalue weighted by molar-refractivity contribution is -0.384. The molecule has 9 heteroatoms. The Labute approximate surface area is 165 Å². The maximum absolute atomic E-state index is 12.0. The number of fused-ring (bicyclic) bond motifs is 1. The van der Waals surface area contributed by atoms with Gasteiger partial charge in [0.2, 0.25) is 0 Å². The summed E-state index contributed by atoms with van der Waals surface area (Å²) in [6.45, 7) is 2.58. The van der Waals surface area contributed by atoms with Crippen molar-refractivity contribution < 1.29 is 23.6 Å². The zero-order valence-corrected chi connectivity index (χ0v) is 15.8. The first-order valence-corrected chi connectivity index (χ1v) is 9.07. The molecule has 0 aliphatic carbocycles. The highest BCUT2D eigenvalue weighted by atomic mass is 16.6. The third kappa shape index (κ3) is 5.22. The number of ether oxygens (including phenoxy) is 2. The van der Waals surface area contributed by atoms with Crippen molar-refractivity contribution in [3.8, 4) is 5.75 Å². The maximum atomic E-state index is 12.0. The van der Waals surface area contributed by atoms with E-state index in [-0.39, 0.29) is 37.4 Å². The van der Waals surface area contributed by atoms with Crippen LogP contribution < -0.4 is 10.5 Å². The summed E-state index contributed by atoms with van der Waals surface area (Å²) in [4.78, 5) is 34.0. The lowest BCUT2D eigenvalue weighted by atomic mass is 10.2. The van der Waals surface area contributed by atoms with Gasteiger partial charge in [0.1, 0.15) is 19.0 Å². The molecule has 3 rings (SSSR count). The molecule has 0 amide bonds. The third-order valence-corrected chi connectivity index (χ3v) is 4.23. The molecule has 0 saturated heterocycles. The van der Waals surface area contributed by atoms with Gasteiger partial charge in [0.05, 0.1) is 16.5 Å². The number of nitro benzene ring substituents is 1. The molecule has 0 aliphatic rings. The van der Waals surface area contributed by atoms with Gasteiger partial charge < -0.3 is 13.9 Å². The number of nitrogens with zero attached hydrogens (tertiary/aromatic N) is 2. The average Bonchev–Trinajstić information content (AvgIpc) is 3.00. The molecule has 152 valence electrons. The van der Waals surface area contributed by atoms with Crippen molar-refractivity contribution >= 4 is 22.8 Å². The average molecular weight is 400 g/mol. The van der Waals surface area contributed by atoms with Crippen LogP contribution >= 0.6 is 0 Å². The summed E-state index contributed by atoms with van der Waals surface area (Å²) in [5.41, 5.74) is 1.51. The van der Waals surface area contributed by atoms with Gasteiger partial charge in [-0.15, -0.1) is 0 Å². The highest BCUT2D eigenvalue weighted by molar-refractivity contribution is 5.75. The van der Waals surface area contributed by atoms with E-state index in [0.29, 0.717) is 17.7 Å². The van der Waals surface area contributed by atoms with Crippen LogP contribution in [0.5, 0.6) is 5.75 Å². The molecule has 0 unspecified atom stereocenters. The SMILES string of the molecule is Cc1cccc(OCCOC(=O)CCCn2c(=O)oc3cc([N+](=O)[O-])ccc32)c1. The lowest BCUT2D eigenvalue weighted by Crippen LogP contribution is -2.16. The van der Waals surface area contributed by atoms with Gasteiger partial charge in [0, 0.05) is 19.0 Å². The Balaban J connectivity index is 1.45. The van der Waals surface area contributed by atoms with Crippen LogP contribution in [0.25, 0.3) is 11.1 Å². The van der Waals surface area contributed by atoms with Crippen molar-refractivity contribution in [2.75, 3.05) is 13.2 Å². The van der Waals surface area contributed by atoms with Gasteiger partial charge in [0.25, 0.3) is 5.69 Å². The number of hydrogen-bond donors (Lipinski definition) is 0. The van der Waals surface area contributed by atoms with E-state index in [1.807, 2.05) is 31.2 Å². The van der Waals surface area contributed by atoms with Crippen LogP contribution in [0, 0.1) is 17.0 Å². The summed E-state index contributed by atoms with van der Waals surface area (Å²) in [6, 6.07) is 11.5. The smallest absolute Gasteiger partial charge is 0.419 e. The second-order valence-electron chi connectivity index (χ2n) is 6.42. The van der Waals surface area contributed by atoms with Gasteiger partial charge in [-0.1, -0.05) is 12.1 Å². The molecule has 0 aliphatic heterocycles. The highest BCUT2D eigenvalue weighted by Crippen LogP contribution is 2.20. The van der Waals surface area contributed by atoms with Gasteiger partial charge in [-0.25, -0.2) is 4.79 Å². The van der Waals surface area contributed by atoms with Crippen LogP contribution in [0.1, 0.15) is 18.4 Å². The second-order valence-corrected chi connectivity index (χ2v) is 6.42. The highest BCUT2D eigenvalue weighted by Gasteiger charge is 2.14. The molecular weight excluding hydrogens is 380 g/mol. The number of oxazole rings is 1. The van der Waals surface area contributed by atoms with Crippen molar-refractivity contribution in [2.45, 2.75) is 26.3 Å². The zero-order chi connectivity index (χ0) is 20.8. The van der Waals surface area contributed by atoms with E-state index < -0.39 is 16.6 Å². The third-order valence-electron chi connectivity index (χ3n) is 4.23. The molecule has 1 aromatic heterocycles. The number of hydrogen-bond acceptors (Lipinski definition) is 7. The Hall–Kier alpha value is -3.62. The van der Waals surface area contributed by atoms with Gasteiger partial charge >= 0.3 is 11.7 Å². The van der Waals surface area contributed by atoms with Crippen LogP contribution in [0.3, 0.4) is 0 Å². The molecule has 0 radical (unpaired) electrons. The van der Waals surface area contributed by atoms with Crippen LogP contribution in [-0.4, -0.2) is 28.7 Å². The summed E-state index contributed by atoms with van der Waals surface area (Å²) in [6.07, 6.45) is 0.486. The molecule has 0 spiro atoms. The predicted octanol–water partition coefficient (Wildman–Crippen LogP) is 3.21. The van der Waals surface area contributed by atoms with Gasteiger partial charge in [0.15, 0.2) is 5.58 Å². The van der Waals surface area contributed by atoms with Crippen LogP contribution in [-0.2, 0) is 16.1 Å². The van der Waals surface area contributed by atoms with Crippen molar-refractivity contribution in [1.82, 2.24) is 4.57 Å². The van der Waals surface area contributed by atoms with Crippen molar-refractivity contribution in [3.05, 3.63) is 68.7 Å². The predicted molar refractivity (Wildman–Crippen MR) is 104 cm³/mol. The minimum absolute atomic E-state index is 0.122. The normalized spacial score (nSPS) is 10.8. The first-order chi connectivity index (χ1) is 13.9. The summed E-state index contributed by atoms with van der Waals surface area (Å²) in [5.74, 6) is -0.303. The monoisotopic (exact) mass is 400 g/mol. The molecule has 2 aromatic carbocycles. The minimum Gasteiger partial charge on any atom is -0.490 e. The molecular formula is C20H20N2O7. The van der Waals surface area contributed by atoms with Crippen LogP contribution in [0.15, 0.2) is 51.7 Å². The summed E-state index contributed by atoms with van der Waals surface area (Å²) >= 11 is 0. The second kappa shape index (κ2) is 9.05. The molecule has 0 fully saturated rings. The molecule has 9 nitrogen and oxygen atoms in total. The number of nitro groups is 1. The number of benzene rings is 2. The number of esters is 1. The zero-order valence-electron chi connectivity index (χ0n) is 15.8. The van der Waals surface area contributed by atoms with Crippen molar-refractivity contribution in [2.24, 2.45) is 0 Å². The number of carbonyl (C=O) groups excluding carboxylic acids is 1. The van der Waals surface area contributed by atoms with Gasteiger partial charge in [-0.2, -0.15) is 0 Å². The molecule has 0 N–H and O–H groups in total. The number of carbonyl (C=O) groups is 1. The molecule has 3 aromatic rings. The quantitative estimate of drug-likeness (QED) is 0.234. The summed E-state index contributed by atoms with van der Waals surface area (Å²) in [7, 11) is 0. The summed E-state index contributed by atoms with van der Waals surface area (Å²) in [5, 5.41) is 10.8. The van der Waals surface area contributed by atoms with E-state index in [4.69, 9.17) is 13.9 Å². The van der Waals surface area contributed by atoms with Gasteiger partial charge in [-0.05, 0) is 37.1 Å². The fourth-order valence-electron chi connectivity index (χ4n) is 2.85. The Morgan fingerprint density at radius 3 is 2.79 bits per heavy atom. The first-order valence-electron chi connectivity index (χ1n) is 9.07. The van der Waals surface area contributed by atoms with E-state index in [1.54, 1.807) is 0 Å². The topological polar surface area (TPSA) is 114 Å². The van der Waals surface area contributed by atoms with E-state index in [0.717, 1.165) is 5.56 Å². The molecule has 0 saturated carbocycles.